The van der Waals surface area contributed by atoms with Gasteiger partial charge in [-0.25, -0.2) is 4.79 Å². The number of carbonyl (C=O) groups excluding carboxylic acids is 2. The minimum Gasteiger partial charge on any atom is -0.447 e. The average Bonchev–Trinajstić information content (AvgIpc) is 2.67. The van der Waals surface area contributed by atoms with Crippen molar-refractivity contribution >= 4 is 41.1 Å². The van der Waals surface area contributed by atoms with E-state index < -0.39 is 23.7 Å². The van der Waals surface area contributed by atoms with Crippen LogP contribution in [0.3, 0.4) is 0 Å². The number of alkyl halides is 3. The zero-order chi connectivity index (χ0) is 22.1. The Morgan fingerprint density at radius 2 is 1.77 bits per heavy atom. The zero-order valence-corrected chi connectivity index (χ0v) is 16.5. The van der Waals surface area contributed by atoms with Gasteiger partial charge in [-0.05, 0) is 48.0 Å². The summed E-state index contributed by atoms with van der Waals surface area (Å²) in [5, 5.41) is 5.10. The van der Waals surface area contributed by atoms with E-state index in [2.05, 4.69) is 10.6 Å². The molecule has 2 rings (SSSR count). The van der Waals surface area contributed by atoms with Crippen LogP contribution < -0.4 is 10.6 Å². The van der Waals surface area contributed by atoms with E-state index in [0.717, 1.165) is 24.3 Å². The van der Waals surface area contributed by atoms with Crippen LogP contribution in [0.25, 0.3) is 6.08 Å². The molecule has 2 aromatic rings. The molecule has 6 nitrogen and oxygen atoms in total. The lowest BCUT2D eigenvalue weighted by Crippen LogP contribution is -2.16. The van der Waals surface area contributed by atoms with Gasteiger partial charge < -0.3 is 14.8 Å². The fraction of sp³-hybridized carbons (Fsp3) is 0.200. The summed E-state index contributed by atoms with van der Waals surface area (Å²) < 4.78 is 48.1. The predicted molar refractivity (Wildman–Crippen MR) is 107 cm³/mol. The summed E-state index contributed by atoms with van der Waals surface area (Å²) >= 11 is 5.89. The molecule has 0 unspecified atom stereocenters. The number of benzene rings is 2. The van der Waals surface area contributed by atoms with Crippen molar-refractivity contribution in [3.63, 3.8) is 0 Å². The lowest BCUT2D eigenvalue weighted by molar-refractivity contribution is -0.137. The van der Waals surface area contributed by atoms with E-state index in [0.29, 0.717) is 11.4 Å². The highest BCUT2D eigenvalue weighted by Gasteiger charge is 2.30. The van der Waals surface area contributed by atoms with Crippen molar-refractivity contribution in [2.75, 3.05) is 31.0 Å². The maximum absolute atomic E-state index is 12.8. The third kappa shape index (κ3) is 7.41. The summed E-state index contributed by atoms with van der Waals surface area (Å²) in [7, 11) is 1.48. The molecule has 0 saturated heterocycles. The predicted octanol–water partition coefficient (Wildman–Crippen LogP) is 5.21. The molecule has 0 fully saturated rings. The van der Waals surface area contributed by atoms with Crippen molar-refractivity contribution < 1.29 is 32.2 Å². The van der Waals surface area contributed by atoms with Crippen molar-refractivity contribution in [2.45, 2.75) is 6.18 Å². The molecular formula is C20H18ClF3N2O4. The van der Waals surface area contributed by atoms with Gasteiger partial charge in [-0.2, -0.15) is 13.2 Å². The molecule has 0 saturated carbocycles. The summed E-state index contributed by atoms with van der Waals surface area (Å²) in [6.07, 6.45) is -2.97. The standard InChI is InChI=1S/C20H18ClF3N2O4/c1-29-9-10-30-19(28)26-16-4-2-3-15(12-16)25-18(27)8-5-13-11-14(20(22,23)24)6-7-17(13)21/h2-8,11-12H,9-10H2,1H3,(H,25,27)(H,26,28)/b8-5+. The number of hydrogen-bond acceptors (Lipinski definition) is 4. The van der Waals surface area contributed by atoms with E-state index >= 15 is 0 Å². The van der Waals surface area contributed by atoms with Crippen molar-refractivity contribution in [1.82, 2.24) is 0 Å². The van der Waals surface area contributed by atoms with E-state index in [1.54, 1.807) is 18.2 Å². The monoisotopic (exact) mass is 442 g/mol. The van der Waals surface area contributed by atoms with Gasteiger partial charge >= 0.3 is 12.3 Å². The van der Waals surface area contributed by atoms with Crippen LogP contribution in [0, 0.1) is 0 Å². The van der Waals surface area contributed by atoms with Crippen molar-refractivity contribution in [1.29, 1.82) is 0 Å². The maximum atomic E-state index is 12.8. The summed E-state index contributed by atoms with van der Waals surface area (Å²) in [6.45, 7) is 0.341. The van der Waals surface area contributed by atoms with Gasteiger partial charge in [-0.1, -0.05) is 17.7 Å². The summed E-state index contributed by atoms with van der Waals surface area (Å²) in [4.78, 5) is 23.7. The van der Waals surface area contributed by atoms with Gasteiger partial charge in [0.25, 0.3) is 0 Å². The van der Waals surface area contributed by atoms with Crippen LogP contribution in [0.1, 0.15) is 11.1 Å². The quantitative estimate of drug-likeness (QED) is 0.456. The first-order valence-electron chi connectivity index (χ1n) is 8.57. The van der Waals surface area contributed by atoms with E-state index in [1.807, 2.05) is 0 Å². The van der Waals surface area contributed by atoms with E-state index in [9.17, 15) is 22.8 Å². The van der Waals surface area contributed by atoms with Gasteiger partial charge in [0.1, 0.15) is 6.61 Å². The third-order valence-electron chi connectivity index (χ3n) is 3.63. The third-order valence-corrected chi connectivity index (χ3v) is 3.98. The molecule has 2 amide bonds. The molecule has 10 heteroatoms. The number of methoxy groups -OCH3 is 1. The Balaban J connectivity index is 2.01. The van der Waals surface area contributed by atoms with Crippen molar-refractivity contribution in [2.24, 2.45) is 0 Å². The second kappa shape index (κ2) is 10.7. The van der Waals surface area contributed by atoms with Crippen LogP contribution in [0.2, 0.25) is 5.02 Å². The number of ether oxygens (including phenoxy) is 2. The van der Waals surface area contributed by atoms with Gasteiger partial charge in [-0.3, -0.25) is 10.1 Å². The number of hydrogen-bond donors (Lipinski definition) is 2. The van der Waals surface area contributed by atoms with Gasteiger partial charge in [0.2, 0.25) is 5.91 Å². The van der Waals surface area contributed by atoms with Crippen LogP contribution in [0.15, 0.2) is 48.5 Å². The molecular weight excluding hydrogens is 425 g/mol. The Bertz CT molecular complexity index is 933. The first kappa shape index (κ1) is 23.2. The molecule has 0 heterocycles. The van der Waals surface area contributed by atoms with Gasteiger partial charge in [0.05, 0.1) is 12.2 Å². The van der Waals surface area contributed by atoms with Crippen molar-refractivity contribution in [3.8, 4) is 0 Å². The molecule has 0 bridgehead atoms. The fourth-order valence-corrected chi connectivity index (χ4v) is 2.42. The molecule has 0 radical (unpaired) electrons. The topological polar surface area (TPSA) is 76.7 Å². The Morgan fingerprint density at radius 3 is 2.43 bits per heavy atom. The molecule has 0 aliphatic heterocycles. The Hall–Kier alpha value is -3.04. The number of amides is 2. The number of anilines is 2. The van der Waals surface area contributed by atoms with Crippen LogP contribution in [-0.4, -0.2) is 32.3 Å². The first-order valence-corrected chi connectivity index (χ1v) is 8.95. The average molecular weight is 443 g/mol. The normalized spacial score (nSPS) is 11.4. The van der Waals surface area contributed by atoms with E-state index in [-0.39, 0.29) is 23.8 Å². The highest BCUT2D eigenvalue weighted by atomic mass is 35.5. The summed E-state index contributed by atoms with van der Waals surface area (Å²) in [5.41, 5.74) is -0.0893. The number of halogens is 4. The van der Waals surface area contributed by atoms with Crippen molar-refractivity contribution in [3.05, 3.63) is 64.7 Å². The minimum absolute atomic E-state index is 0.0517. The summed E-state index contributed by atoms with van der Waals surface area (Å²) in [6, 6.07) is 9.07. The molecule has 0 spiro atoms. The molecule has 0 aliphatic carbocycles. The fourth-order valence-electron chi connectivity index (χ4n) is 2.24. The molecule has 2 N–H and O–H groups in total. The minimum atomic E-state index is -4.52. The number of carbonyl (C=O) groups is 2. The van der Waals surface area contributed by atoms with E-state index in [1.165, 1.54) is 19.3 Å². The second-order valence-corrected chi connectivity index (χ2v) is 6.30. The summed E-state index contributed by atoms with van der Waals surface area (Å²) in [5.74, 6) is -0.594. The number of nitrogens with one attached hydrogen (secondary N) is 2. The highest BCUT2D eigenvalue weighted by Crippen LogP contribution is 2.32. The lowest BCUT2D eigenvalue weighted by Gasteiger charge is -2.09. The Kier molecular flexibility index (Phi) is 8.25. The van der Waals surface area contributed by atoms with Crippen LogP contribution in [0.4, 0.5) is 29.3 Å². The molecule has 0 atom stereocenters. The molecule has 30 heavy (non-hydrogen) atoms. The first-order chi connectivity index (χ1) is 14.2. The largest absolute Gasteiger partial charge is 0.447 e. The maximum Gasteiger partial charge on any atom is 0.416 e. The van der Waals surface area contributed by atoms with E-state index in [4.69, 9.17) is 21.1 Å². The highest BCUT2D eigenvalue weighted by molar-refractivity contribution is 6.32. The second-order valence-electron chi connectivity index (χ2n) is 5.89. The Morgan fingerprint density at radius 1 is 1.07 bits per heavy atom. The van der Waals surface area contributed by atoms with Crippen LogP contribution in [0.5, 0.6) is 0 Å². The number of rotatable bonds is 7. The smallest absolute Gasteiger partial charge is 0.416 e. The van der Waals surface area contributed by atoms with Gasteiger partial charge in [-0.15, -0.1) is 0 Å². The molecule has 160 valence electrons. The lowest BCUT2D eigenvalue weighted by atomic mass is 10.1. The SMILES string of the molecule is COCCOC(=O)Nc1cccc(NC(=O)/C=C/c2cc(C(F)(F)F)ccc2Cl)c1. The van der Waals surface area contributed by atoms with Crippen LogP contribution >= 0.6 is 11.6 Å². The molecule has 2 aromatic carbocycles. The van der Waals surface area contributed by atoms with Gasteiger partial charge in [0.15, 0.2) is 0 Å². The molecule has 0 aromatic heterocycles. The molecule has 0 aliphatic rings. The van der Waals surface area contributed by atoms with Crippen LogP contribution in [-0.2, 0) is 20.4 Å². The Labute approximate surface area is 175 Å². The zero-order valence-electron chi connectivity index (χ0n) is 15.8. The van der Waals surface area contributed by atoms with Gasteiger partial charge in [0, 0.05) is 29.6 Å².